The molecule has 45 heavy (non-hydrogen) atoms. The molecule has 16 unspecified atom stereocenters. The molecule has 0 spiro atoms. The predicted octanol–water partition coefficient (Wildman–Crippen LogP) is 10.1. The van der Waals surface area contributed by atoms with E-state index in [0.29, 0.717) is 81.8 Å². The fourth-order valence-corrected chi connectivity index (χ4v) is 15.6. The van der Waals surface area contributed by atoms with Crippen LogP contribution in [0.25, 0.3) is 0 Å². The van der Waals surface area contributed by atoms with E-state index in [4.69, 9.17) is 0 Å². The van der Waals surface area contributed by atoms with Crippen LogP contribution in [0.15, 0.2) is 0 Å². The average Bonchev–Trinajstić information content (AvgIpc) is 2.94. The molecule has 3 heteroatoms. The third-order valence-corrected chi connectivity index (χ3v) is 18.3. The highest BCUT2D eigenvalue weighted by Crippen LogP contribution is 2.78. The summed E-state index contributed by atoms with van der Waals surface area (Å²) in [7, 11) is 0. The van der Waals surface area contributed by atoms with Gasteiger partial charge in [0, 0.05) is 12.3 Å². The monoisotopic (exact) mass is 629 g/mol. The van der Waals surface area contributed by atoms with Crippen molar-refractivity contribution in [3.05, 3.63) is 0 Å². The van der Waals surface area contributed by atoms with Crippen LogP contribution < -0.4 is 0 Å². The maximum Gasteiger partial charge on any atom is 0.167 e. The lowest BCUT2D eigenvalue weighted by Gasteiger charge is -2.77. The summed E-state index contributed by atoms with van der Waals surface area (Å²) in [6.07, 6.45) is 7.84. The summed E-state index contributed by atoms with van der Waals surface area (Å²) in [5.41, 5.74) is 0.983. The lowest BCUT2D eigenvalue weighted by molar-refractivity contribution is -0.291. The molecular weight excluding hydrogens is 552 g/mol. The fourth-order valence-electron chi connectivity index (χ4n) is 15.6. The smallest absolute Gasteiger partial charge is 0.167 e. The van der Waals surface area contributed by atoms with Crippen molar-refractivity contribution in [2.24, 2.45) is 105 Å². The van der Waals surface area contributed by atoms with E-state index in [-0.39, 0.29) is 12.3 Å². The predicted molar refractivity (Wildman–Crippen MR) is 188 cm³/mol. The maximum atomic E-state index is 11.3. The van der Waals surface area contributed by atoms with Crippen LogP contribution in [0, 0.1) is 105 Å². The Hall–Kier alpha value is -0.120. The van der Waals surface area contributed by atoms with Crippen molar-refractivity contribution in [2.75, 3.05) is 0 Å². The van der Waals surface area contributed by atoms with Crippen LogP contribution in [0.2, 0.25) is 0 Å². The summed E-state index contributed by atoms with van der Waals surface area (Å²) in [4.78, 5) is 0. The molecule has 0 aromatic carbocycles. The van der Waals surface area contributed by atoms with Crippen LogP contribution in [0.1, 0.15) is 148 Å². The Labute approximate surface area is 279 Å². The number of rotatable bonds is 6. The molecule has 3 nitrogen and oxygen atoms in total. The second-order valence-corrected chi connectivity index (χ2v) is 19.9. The molecule has 0 bridgehead atoms. The molecular formula is C42H76O3. The maximum absolute atomic E-state index is 11.3. The van der Waals surface area contributed by atoms with Crippen LogP contribution in [-0.4, -0.2) is 27.2 Å². The molecule has 0 radical (unpaired) electrons. The first-order chi connectivity index (χ1) is 20.7. The van der Waals surface area contributed by atoms with Gasteiger partial charge >= 0.3 is 0 Å². The van der Waals surface area contributed by atoms with Gasteiger partial charge in [0.1, 0.15) is 0 Å². The average molecular weight is 629 g/mol. The van der Waals surface area contributed by atoms with Gasteiger partial charge in [-0.15, -0.1) is 0 Å². The zero-order valence-electron chi connectivity index (χ0n) is 31.9. The van der Waals surface area contributed by atoms with Gasteiger partial charge in [-0.3, -0.25) is 0 Å². The third kappa shape index (κ3) is 5.36. The Morgan fingerprint density at radius 1 is 0.756 bits per heavy atom. The summed E-state index contributed by atoms with van der Waals surface area (Å²) in [5.74, 6) is 7.68. The topological polar surface area (TPSA) is 60.7 Å². The molecule has 5 aliphatic carbocycles. The zero-order chi connectivity index (χ0) is 33.6. The molecule has 0 amide bonds. The summed E-state index contributed by atoms with van der Waals surface area (Å²) in [6, 6.07) is 0. The minimum Gasteiger partial charge on any atom is -0.393 e. The summed E-state index contributed by atoms with van der Waals surface area (Å²) in [6.45, 7) is 33.8. The summed E-state index contributed by atoms with van der Waals surface area (Å²) < 4.78 is 0. The van der Waals surface area contributed by atoms with Gasteiger partial charge in [-0.05, 0) is 138 Å². The zero-order valence-corrected chi connectivity index (χ0v) is 31.9. The van der Waals surface area contributed by atoms with Gasteiger partial charge < -0.3 is 15.3 Å². The molecule has 5 fully saturated rings. The van der Waals surface area contributed by atoms with Crippen molar-refractivity contribution >= 4 is 0 Å². The molecule has 5 rings (SSSR count). The van der Waals surface area contributed by atoms with E-state index in [2.05, 4.69) is 90.0 Å². The van der Waals surface area contributed by atoms with Crippen LogP contribution in [-0.2, 0) is 0 Å². The first kappa shape index (κ1) is 36.2. The highest BCUT2D eigenvalue weighted by molar-refractivity contribution is 5.20. The molecule has 16 atom stereocenters. The van der Waals surface area contributed by atoms with Crippen LogP contribution >= 0.6 is 0 Å². The van der Waals surface area contributed by atoms with E-state index in [1.165, 1.54) is 19.3 Å². The molecule has 0 heterocycles. The number of hydrogen-bond donors (Lipinski definition) is 3. The van der Waals surface area contributed by atoms with Gasteiger partial charge in [-0.2, -0.15) is 0 Å². The second-order valence-electron chi connectivity index (χ2n) is 19.9. The van der Waals surface area contributed by atoms with E-state index >= 15 is 0 Å². The molecule has 0 aromatic rings. The normalized spacial score (nSPS) is 54.6. The lowest BCUT2D eigenvalue weighted by Crippen LogP contribution is -2.71. The molecule has 5 saturated carbocycles. The fraction of sp³-hybridized carbons (Fsp3) is 1.00. The third-order valence-electron chi connectivity index (χ3n) is 18.3. The van der Waals surface area contributed by atoms with Crippen LogP contribution in [0.5, 0.6) is 0 Å². The largest absolute Gasteiger partial charge is 0.393 e. The van der Waals surface area contributed by atoms with Crippen molar-refractivity contribution < 1.29 is 15.3 Å². The Balaban J connectivity index is 1.39. The van der Waals surface area contributed by atoms with E-state index in [9.17, 15) is 15.3 Å². The first-order valence-corrected chi connectivity index (χ1v) is 19.9. The minimum atomic E-state index is -1.74. The minimum absolute atomic E-state index is 0.101. The summed E-state index contributed by atoms with van der Waals surface area (Å²) in [5, 5.41) is 33.5. The van der Waals surface area contributed by atoms with Gasteiger partial charge in [0.2, 0.25) is 0 Å². The Morgan fingerprint density at radius 3 is 1.93 bits per heavy atom. The lowest BCUT2D eigenvalue weighted by atomic mass is 9.28. The summed E-state index contributed by atoms with van der Waals surface area (Å²) >= 11 is 0. The van der Waals surface area contributed by atoms with Crippen LogP contribution in [0.4, 0.5) is 0 Å². The van der Waals surface area contributed by atoms with Gasteiger partial charge in [0.05, 0.1) is 6.10 Å². The number of fused-ring (bicyclic) bond motifs is 3. The molecule has 3 N–H and O–H groups in total. The van der Waals surface area contributed by atoms with Crippen molar-refractivity contribution in [3.8, 4) is 0 Å². The highest BCUT2D eigenvalue weighted by Gasteiger charge is 2.72. The van der Waals surface area contributed by atoms with Crippen LogP contribution in [0.3, 0.4) is 0 Å². The molecule has 0 aliphatic heterocycles. The molecule has 5 aliphatic rings. The second kappa shape index (κ2) is 12.3. The SMILES string of the molecule is CC1CCC(C(O)(O)CC(O)CC2CCC3C(C2C)C(C)C2C(C)C4(C)C(C)C(C(C)C)C(C)CC4(C)C(C)C2(C)C3C)CC1. The first-order valence-electron chi connectivity index (χ1n) is 19.9. The van der Waals surface area contributed by atoms with Crippen molar-refractivity contribution in [3.63, 3.8) is 0 Å². The van der Waals surface area contributed by atoms with Crippen molar-refractivity contribution in [1.82, 2.24) is 0 Å². The van der Waals surface area contributed by atoms with Gasteiger partial charge in [-0.25, -0.2) is 0 Å². The Morgan fingerprint density at radius 2 is 1.36 bits per heavy atom. The number of aliphatic hydroxyl groups excluding tert-OH is 1. The quantitative estimate of drug-likeness (QED) is 0.257. The van der Waals surface area contributed by atoms with Crippen molar-refractivity contribution in [2.45, 2.75) is 160 Å². The highest BCUT2D eigenvalue weighted by atomic mass is 16.5. The van der Waals surface area contributed by atoms with E-state index in [0.717, 1.165) is 49.4 Å². The number of aliphatic hydroxyl groups is 3. The van der Waals surface area contributed by atoms with Gasteiger partial charge in [-0.1, -0.05) is 103 Å². The Bertz CT molecular complexity index is 1030. The number of hydrogen-bond acceptors (Lipinski definition) is 3. The van der Waals surface area contributed by atoms with E-state index in [1.807, 2.05) is 0 Å². The van der Waals surface area contributed by atoms with Gasteiger partial charge in [0.15, 0.2) is 5.79 Å². The van der Waals surface area contributed by atoms with E-state index < -0.39 is 11.9 Å². The van der Waals surface area contributed by atoms with E-state index in [1.54, 1.807) is 0 Å². The Kier molecular flexibility index (Phi) is 9.91. The molecule has 0 saturated heterocycles. The standard InChI is InChI=1S/C42H76O3/c1-23(2)36-25(4)21-39(11)31(10)40(12)28(7)35-19-16-32(20-34(43)22-42(44,45)33-17-14-24(3)15-18-33)26(5)37(35)27(6)38(40)30(9)41(39,13)29(36)8/h23-38,43-45H,14-22H2,1-13H3. The van der Waals surface area contributed by atoms with Gasteiger partial charge in [0.25, 0.3) is 0 Å². The molecule has 0 aromatic heterocycles. The molecule has 262 valence electrons. The van der Waals surface area contributed by atoms with Crippen molar-refractivity contribution in [1.29, 1.82) is 0 Å².